The smallest absolute Gasteiger partial charge is 0.234 e. The van der Waals surface area contributed by atoms with Crippen LogP contribution >= 0.6 is 11.8 Å². The molecule has 1 amide bonds. The van der Waals surface area contributed by atoms with Gasteiger partial charge in [-0.2, -0.15) is 0 Å². The van der Waals surface area contributed by atoms with E-state index in [0.29, 0.717) is 11.5 Å². The number of hydrogen-bond donors (Lipinski definition) is 1. The van der Waals surface area contributed by atoms with Crippen LogP contribution in [0.5, 0.6) is 5.75 Å². The number of nitrogens with one attached hydrogen (secondary N) is 1. The molecule has 1 aromatic carbocycles. The molecule has 0 fully saturated rings. The maximum absolute atomic E-state index is 11.9. The lowest BCUT2D eigenvalue weighted by molar-refractivity contribution is -0.113. The number of benzene rings is 1. The Bertz CT molecular complexity index is 612. The van der Waals surface area contributed by atoms with Gasteiger partial charge in [0.25, 0.3) is 0 Å². The number of ether oxygens (including phenoxy) is 1. The van der Waals surface area contributed by atoms with E-state index in [1.54, 1.807) is 36.1 Å². The molecule has 0 saturated heterocycles. The molecular weight excluding hydrogens is 302 g/mol. The van der Waals surface area contributed by atoms with E-state index in [9.17, 15) is 4.79 Å². The predicted octanol–water partition coefficient (Wildman–Crippen LogP) is 2.13. The standard InChI is InChI=1S/C14H19N5O2S/c1-10(2)19-13(16-17-18-19)8-22-9-14(20)15-11-4-6-12(21-3)7-5-11/h4-7,10H,8-9H2,1-3H3,(H,15,20). The Morgan fingerprint density at radius 3 is 2.73 bits per heavy atom. The van der Waals surface area contributed by atoms with Gasteiger partial charge in [0.2, 0.25) is 5.91 Å². The molecule has 7 nitrogen and oxygen atoms in total. The number of methoxy groups -OCH3 is 1. The van der Waals surface area contributed by atoms with Gasteiger partial charge in [-0.1, -0.05) is 0 Å². The van der Waals surface area contributed by atoms with E-state index in [4.69, 9.17) is 4.74 Å². The van der Waals surface area contributed by atoms with Crippen molar-refractivity contribution in [2.75, 3.05) is 18.2 Å². The second-order valence-electron chi connectivity index (χ2n) is 4.90. The van der Waals surface area contributed by atoms with Gasteiger partial charge in [-0.15, -0.1) is 16.9 Å². The first-order valence-electron chi connectivity index (χ1n) is 6.88. The van der Waals surface area contributed by atoms with Crippen molar-refractivity contribution in [1.82, 2.24) is 20.2 Å². The molecule has 0 saturated carbocycles. The average molecular weight is 321 g/mol. The molecule has 0 unspecified atom stereocenters. The van der Waals surface area contributed by atoms with Crippen LogP contribution in [0.1, 0.15) is 25.7 Å². The summed E-state index contributed by atoms with van der Waals surface area (Å²) in [6.45, 7) is 4.03. The number of rotatable bonds is 7. The van der Waals surface area contributed by atoms with E-state index in [-0.39, 0.29) is 11.9 Å². The molecule has 0 aliphatic carbocycles. The fourth-order valence-corrected chi connectivity index (χ4v) is 2.55. The summed E-state index contributed by atoms with van der Waals surface area (Å²) in [5, 5.41) is 14.4. The Morgan fingerprint density at radius 2 is 2.09 bits per heavy atom. The Hall–Kier alpha value is -2.09. The molecule has 0 radical (unpaired) electrons. The van der Waals surface area contributed by atoms with Gasteiger partial charge in [-0.25, -0.2) is 4.68 Å². The zero-order chi connectivity index (χ0) is 15.9. The van der Waals surface area contributed by atoms with Crippen molar-refractivity contribution < 1.29 is 9.53 Å². The van der Waals surface area contributed by atoms with Crippen LogP contribution in [0.15, 0.2) is 24.3 Å². The van der Waals surface area contributed by atoms with Gasteiger partial charge >= 0.3 is 0 Å². The lowest BCUT2D eigenvalue weighted by atomic mass is 10.3. The Kier molecular flexibility index (Phi) is 5.76. The van der Waals surface area contributed by atoms with Crippen molar-refractivity contribution >= 4 is 23.4 Å². The van der Waals surface area contributed by atoms with Crippen molar-refractivity contribution in [2.45, 2.75) is 25.6 Å². The number of nitrogens with zero attached hydrogens (tertiary/aromatic N) is 4. The second kappa shape index (κ2) is 7.79. The largest absolute Gasteiger partial charge is 0.497 e. The summed E-state index contributed by atoms with van der Waals surface area (Å²) in [7, 11) is 1.61. The first kappa shape index (κ1) is 16.3. The number of carbonyl (C=O) groups is 1. The summed E-state index contributed by atoms with van der Waals surface area (Å²) in [6, 6.07) is 7.43. The summed E-state index contributed by atoms with van der Waals surface area (Å²) in [5.41, 5.74) is 0.749. The van der Waals surface area contributed by atoms with Crippen LogP contribution in [0.4, 0.5) is 5.69 Å². The zero-order valence-electron chi connectivity index (χ0n) is 12.8. The van der Waals surface area contributed by atoms with Crippen LogP contribution in [0.25, 0.3) is 0 Å². The van der Waals surface area contributed by atoms with Gasteiger partial charge in [0, 0.05) is 5.69 Å². The predicted molar refractivity (Wildman–Crippen MR) is 86.0 cm³/mol. The van der Waals surface area contributed by atoms with Crippen LogP contribution in [0.2, 0.25) is 0 Å². The number of tetrazole rings is 1. The van der Waals surface area contributed by atoms with Crippen LogP contribution in [-0.2, 0) is 10.5 Å². The van der Waals surface area contributed by atoms with E-state index < -0.39 is 0 Å². The first-order chi connectivity index (χ1) is 10.6. The van der Waals surface area contributed by atoms with Crippen LogP contribution in [0.3, 0.4) is 0 Å². The van der Waals surface area contributed by atoms with Gasteiger partial charge in [-0.3, -0.25) is 4.79 Å². The highest BCUT2D eigenvalue weighted by atomic mass is 32.2. The number of thioether (sulfide) groups is 1. The van der Waals surface area contributed by atoms with E-state index in [1.807, 2.05) is 13.8 Å². The van der Waals surface area contributed by atoms with Gasteiger partial charge in [0.05, 0.1) is 24.7 Å². The molecule has 0 atom stereocenters. The fourth-order valence-electron chi connectivity index (χ4n) is 1.81. The molecule has 1 heterocycles. The minimum atomic E-state index is -0.0567. The van der Waals surface area contributed by atoms with Crippen molar-refractivity contribution in [2.24, 2.45) is 0 Å². The van der Waals surface area contributed by atoms with Crippen LogP contribution in [0, 0.1) is 0 Å². The van der Waals surface area contributed by atoms with Crippen LogP contribution in [-0.4, -0.2) is 39.0 Å². The normalized spacial score (nSPS) is 10.7. The minimum absolute atomic E-state index is 0.0567. The molecule has 0 bridgehead atoms. The molecule has 0 aliphatic rings. The Labute approximate surface area is 133 Å². The van der Waals surface area contributed by atoms with Crippen molar-refractivity contribution in [1.29, 1.82) is 0 Å². The van der Waals surface area contributed by atoms with Crippen LogP contribution < -0.4 is 10.1 Å². The number of amides is 1. The molecule has 2 aromatic rings. The number of hydrogen-bond acceptors (Lipinski definition) is 6. The molecule has 2 rings (SSSR count). The number of aromatic nitrogens is 4. The molecule has 118 valence electrons. The maximum Gasteiger partial charge on any atom is 0.234 e. The zero-order valence-corrected chi connectivity index (χ0v) is 13.6. The Balaban J connectivity index is 1.79. The number of carbonyl (C=O) groups excluding carboxylic acids is 1. The van der Waals surface area contributed by atoms with Gasteiger partial charge in [-0.05, 0) is 48.5 Å². The van der Waals surface area contributed by atoms with Gasteiger partial charge in [0.15, 0.2) is 5.82 Å². The summed E-state index contributed by atoms with van der Waals surface area (Å²) in [4.78, 5) is 11.9. The third-order valence-corrected chi connectivity index (χ3v) is 3.82. The van der Waals surface area contributed by atoms with E-state index in [2.05, 4.69) is 20.8 Å². The maximum atomic E-state index is 11.9. The molecular formula is C14H19N5O2S. The van der Waals surface area contributed by atoms with E-state index in [1.165, 1.54) is 11.8 Å². The highest BCUT2D eigenvalue weighted by Gasteiger charge is 2.10. The molecule has 1 N–H and O–H groups in total. The molecule has 0 aliphatic heterocycles. The monoisotopic (exact) mass is 321 g/mol. The topological polar surface area (TPSA) is 81.9 Å². The molecule has 0 spiro atoms. The average Bonchev–Trinajstić information content (AvgIpc) is 2.97. The van der Waals surface area contributed by atoms with Gasteiger partial charge < -0.3 is 10.1 Å². The third-order valence-electron chi connectivity index (χ3n) is 2.89. The minimum Gasteiger partial charge on any atom is -0.497 e. The first-order valence-corrected chi connectivity index (χ1v) is 8.04. The van der Waals surface area contributed by atoms with E-state index >= 15 is 0 Å². The molecule has 22 heavy (non-hydrogen) atoms. The molecule has 1 aromatic heterocycles. The van der Waals surface area contributed by atoms with Crippen molar-refractivity contribution in [3.63, 3.8) is 0 Å². The fraction of sp³-hybridized carbons (Fsp3) is 0.429. The molecule has 8 heteroatoms. The number of anilines is 1. The Morgan fingerprint density at radius 1 is 1.36 bits per heavy atom. The second-order valence-corrected chi connectivity index (χ2v) is 5.89. The highest BCUT2D eigenvalue weighted by molar-refractivity contribution is 7.99. The third kappa shape index (κ3) is 4.45. The van der Waals surface area contributed by atoms with Crippen molar-refractivity contribution in [3.8, 4) is 5.75 Å². The van der Waals surface area contributed by atoms with Crippen molar-refractivity contribution in [3.05, 3.63) is 30.1 Å². The lowest BCUT2D eigenvalue weighted by Crippen LogP contribution is -2.14. The SMILES string of the molecule is COc1ccc(NC(=O)CSCc2nnnn2C(C)C)cc1. The lowest BCUT2D eigenvalue weighted by Gasteiger charge is -2.08. The summed E-state index contributed by atoms with van der Waals surface area (Å²) < 4.78 is 6.83. The highest BCUT2D eigenvalue weighted by Crippen LogP contribution is 2.16. The van der Waals surface area contributed by atoms with E-state index in [0.717, 1.165) is 17.3 Å². The summed E-state index contributed by atoms with van der Waals surface area (Å²) in [6.07, 6.45) is 0. The van der Waals surface area contributed by atoms with Gasteiger partial charge in [0.1, 0.15) is 5.75 Å². The quantitative estimate of drug-likeness (QED) is 0.841. The summed E-state index contributed by atoms with van der Waals surface area (Å²) >= 11 is 1.48. The summed E-state index contributed by atoms with van der Waals surface area (Å²) in [5.74, 6) is 2.42.